The summed E-state index contributed by atoms with van der Waals surface area (Å²) in [5.74, 6) is 2.23. The van der Waals surface area contributed by atoms with Crippen LogP contribution in [-0.4, -0.2) is 22.8 Å². The van der Waals surface area contributed by atoms with Crippen LogP contribution in [0.25, 0.3) is 0 Å². The van der Waals surface area contributed by atoms with E-state index in [2.05, 4.69) is 46.8 Å². The maximum absolute atomic E-state index is 11.7. The molecule has 4 nitrogen and oxygen atoms in total. The minimum atomic E-state index is -0.904. The van der Waals surface area contributed by atoms with Gasteiger partial charge in [0.1, 0.15) is 17.1 Å². The Kier molecular flexibility index (Phi) is 9.87. The molecule has 186 valence electrons. The van der Waals surface area contributed by atoms with E-state index in [9.17, 15) is 9.90 Å². The van der Waals surface area contributed by atoms with Gasteiger partial charge < -0.3 is 14.6 Å². The van der Waals surface area contributed by atoms with Crippen molar-refractivity contribution in [1.29, 1.82) is 0 Å². The zero-order valence-electron chi connectivity index (χ0n) is 22.2. The van der Waals surface area contributed by atoms with Crippen LogP contribution in [-0.2, 0) is 11.2 Å². The van der Waals surface area contributed by atoms with Crippen LogP contribution in [0.1, 0.15) is 102 Å². The molecule has 0 amide bonds. The maximum Gasteiger partial charge on any atom is 0.344 e. The topological polar surface area (TPSA) is 55.8 Å². The van der Waals surface area contributed by atoms with Crippen molar-refractivity contribution in [2.45, 2.75) is 118 Å². The first-order valence-electron chi connectivity index (χ1n) is 12.9. The monoisotopic (exact) mass is 458 g/mol. The summed E-state index contributed by atoms with van der Waals surface area (Å²) in [6, 6.07) is 0. The van der Waals surface area contributed by atoms with Gasteiger partial charge in [-0.3, -0.25) is 0 Å². The molecule has 3 unspecified atom stereocenters. The lowest BCUT2D eigenvalue weighted by atomic mass is 9.86. The Balaban J connectivity index is 2.16. The molecule has 0 spiro atoms. The normalized spacial score (nSPS) is 19.9. The minimum absolute atomic E-state index is 0.317. The fraction of sp³-hybridized carbons (Fsp3) is 0.690. The maximum atomic E-state index is 11.7. The highest BCUT2D eigenvalue weighted by atomic mass is 16.5. The Morgan fingerprint density at radius 2 is 1.82 bits per heavy atom. The number of hydrogen-bond acceptors (Lipinski definition) is 3. The van der Waals surface area contributed by atoms with Crippen molar-refractivity contribution in [3.05, 3.63) is 34.4 Å². The molecule has 1 heterocycles. The van der Waals surface area contributed by atoms with Crippen LogP contribution >= 0.6 is 0 Å². The van der Waals surface area contributed by atoms with Gasteiger partial charge in [0.15, 0.2) is 6.10 Å². The third kappa shape index (κ3) is 7.25. The van der Waals surface area contributed by atoms with Crippen molar-refractivity contribution in [3.8, 4) is 11.5 Å². The van der Waals surface area contributed by atoms with Gasteiger partial charge in [0.25, 0.3) is 0 Å². The van der Waals surface area contributed by atoms with Crippen LogP contribution in [0.4, 0.5) is 0 Å². The molecule has 1 aliphatic rings. The van der Waals surface area contributed by atoms with E-state index in [4.69, 9.17) is 9.47 Å². The number of ether oxygens (including phenoxy) is 2. The fourth-order valence-electron chi connectivity index (χ4n) is 4.73. The van der Waals surface area contributed by atoms with E-state index in [1.54, 1.807) is 0 Å². The number of carboxylic acids is 1. The number of allylic oxidation sites excluding steroid dienone is 1. The van der Waals surface area contributed by atoms with E-state index in [0.29, 0.717) is 18.1 Å². The molecule has 0 aliphatic carbocycles. The highest BCUT2D eigenvalue weighted by molar-refractivity contribution is 5.73. The molecule has 1 aliphatic heterocycles. The van der Waals surface area contributed by atoms with Crippen LogP contribution in [0.3, 0.4) is 0 Å². The summed E-state index contributed by atoms with van der Waals surface area (Å²) < 4.78 is 12.6. The van der Waals surface area contributed by atoms with Gasteiger partial charge in [0, 0.05) is 5.56 Å². The minimum Gasteiger partial charge on any atom is -0.483 e. The van der Waals surface area contributed by atoms with Crippen LogP contribution < -0.4 is 9.47 Å². The van der Waals surface area contributed by atoms with E-state index in [1.165, 1.54) is 19.3 Å². The number of hydrogen-bond donors (Lipinski definition) is 1. The summed E-state index contributed by atoms with van der Waals surface area (Å²) in [6.07, 6.45) is 11.8. The summed E-state index contributed by atoms with van der Waals surface area (Å²) in [6.45, 7) is 17.2. The van der Waals surface area contributed by atoms with E-state index < -0.39 is 12.1 Å². The van der Waals surface area contributed by atoms with Crippen molar-refractivity contribution < 1.29 is 19.4 Å². The molecule has 0 radical (unpaired) electrons. The molecule has 0 saturated heterocycles. The zero-order chi connectivity index (χ0) is 24.8. The van der Waals surface area contributed by atoms with Crippen LogP contribution in [0.5, 0.6) is 11.5 Å². The molecule has 33 heavy (non-hydrogen) atoms. The largest absolute Gasteiger partial charge is 0.483 e. The second-order valence-electron chi connectivity index (χ2n) is 10.7. The average molecular weight is 459 g/mol. The SMILES string of the molecule is CCCC(Oc1c(C)c(C)c2c(c1C)CCC(C)(/C=C/CC(C)CCCC(C)C)O2)C(=O)O. The molecular formula is C29H46O4. The molecule has 0 saturated carbocycles. The van der Waals surface area contributed by atoms with Gasteiger partial charge in [0.2, 0.25) is 0 Å². The lowest BCUT2D eigenvalue weighted by Crippen LogP contribution is -2.35. The lowest BCUT2D eigenvalue weighted by molar-refractivity contribution is -0.145. The quantitative estimate of drug-likeness (QED) is 0.325. The van der Waals surface area contributed by atoms with Gasteiger partial charge in [-0.2, -0.15) is 0 Å². The first kappa shape index (κ1) is 27.3. The number of carboxylic acid groups (broad SMARTS) is 1. The number of aliphatic carboxylic acids is 1. The van der Waals surface area contributed by atoms with Crippen molar-refractivity contribution in [2.24, 2.45) is 11.8 Å². The van der Waals surface area contributed by atoms with Crippen molar-refractivity contribution in [2.75, 3.05) is 0 Å². The second-order valence-corrected chi connectivity index (χ2v) is 10.7. The third-order valence-corrected chi connectivity index (χ3v) is 7.09. The predicted octanol–water partition coefficient (Wildman–Crippen LogP) is 7.74. The van der Waals surface area contributed by atoms with Gasteiger partial charge in [0.05, 0.1) is 0 Å². The Morgan fingerprint density at radius 1 is 1.12 bits per heavy atom. The Hall–Kier alpha value is -1.97. The van der Waals surface area contributed by atoms with E-state index in [0.717, 1.165) is 59.6 Å². The summed E-state index contributed by atoms with van der Waals surface area (Å²) in [4.78, 5) is 11.7. The number of benzene rings is 1. The first-order chi connectivity index (χ1) is 15.5. The summed E-state index contributed by atoms with van der Waals surface area (Å²) in [5.41, 5.74) is 3.87. The van der Waals surface area contributed by atoms with Gasteiger partial charge in [-0.05, 0) is 88.0 Å². The van der Waals surface area contributed by atoms with E-state index >= 15 is 0 Å². The number of carbonyl (C=O) groups is 1. The van der Waals surface area contributed by atoms with Gasteiger partial charge >= 0.3 is 5.97 Å². The molecule has 1 N–H and O–H groups in total. The molecule has 2 rings (SSSR count). The van der Waals surface area contributed by atoms with Crippen LogP contribution in [0.2, 0.25) is 0 Å². The second kappa shape index (κ2) is 11.9. The molecule has 4 heteroatoms. The summed E-state index contributed by atoms with van der Waals surface area (Å²) >= 11 is 0. The fourth-order valence-corrected chi connectivity index (χ4v) is 4.73. The molecule has 1 aromatic rings. The standard InChI is InChI=1S/C29H46O4/c1-9-12-25(28(30)31)32-26-21(5)22(6)27-24(23(26)7)16-18-29(8,33-27)17-11-15-20(4)14-10-13-19(2)3/h11,17,19-20,25H,9-10,12-16,18H2,1-8H3,(H,30,31)/b17-11+. The van der Waals surface area contributed by atoms with Gasteiger partial charge in [-0.15, -0.1) is 0 Å². The Bertz CT molecular complexity index is 839. The Morgan fingerprint density at radius 3 is 2.42 bits per heavy atom. The average Bonchev–Trinajstić information content (AvgIpc) is 2.73. The van der Waals surface area contributed by atoms with E-state index in [-0.39, 0.29) is 5.60 Å². The van der Waals surface area contributed by atoms with Gasteiger partial charge in [-0.25, -0.2) is 4.79 Å². The molecule has 0 fully saturated rings. The number of rotatable bonds is 12. The molecule has 0 bridgehead atoms. The summed E-state index contributed by atoms with van der Waals surface area (Å²) in [5, 5.41) is 9.56. The van der Waals surface area contributed by atoms with E-state index in [1.807, 2.05) is 20.8 Å². The Labute approximate surface area is 201 Å². The molecular weight excluding hydrogens is 412 g/mol. The summed E-state index contributed by atoms with van der Waals surface area (Å²) in [7, 11) is 0. The van der Waals surface area contributed by atoms with Crippen molar-refractivity contribution in [3.63, 3.8) is 0 Å². The highest BCUT2D eigenvalue weighted by Crippen LogP contribution is 2.44. The van der Waals surface area contributed by atoms with Crippen molar-refractivity contribution >= 4 is 5.97 Å². The first-order valence-corrected chi connectivity index (χ1v) is 12.9. The van der Waals surface area contributed by atoms with Gasteiger partial charge in [-0.1, -0.05) is 59.5 Å². The predicted molar refractivity (Wildman–Crippen MR) is 137 cm³/mol. The third-order valence-electron chi connectivity index (χ3n) is 7.09. The highest BCUT2D eigenvalue weighted by Gasteiger charge is 2.33. The molecule has 0 aromatic heterocycles. The lowest BCUT2D eigenvalue weighted by Gasteiger charge is -2.36. The zero-order valence-corrected chi connectivity index (χ0v) is 22.2. The molecule has 1 aromatic carbocycles. The van der Waals surface area contributed by atoms with Crippen LogP contribution in [0, 0.1) is 32.6 Å². The number of fused-ring (bicyclic) bond motifs is 1. The smallest absolute Gasteiger partial charge is 0.344 e. The molecule has 3 atom stereocenters. The van der Waals surface area contributed by atoms with Crippen molar-refractivity contribution in [1.82, 2.24) is 0 Å². The van der Waals surface area contributed by atoms with Crippen LogP contribution in [0.15, 0.2) is 12.2 Å².